The smallest absolute Gasteiger partial charge is 0.347 e. The van der Waals surface area contributed by atoms with E-state index in [0.717, 1.165) is 111 Å². The second-order valence-corrected chi connectivity index (χ2v) is 29.9. The molecule has 0 unspecified atom stereocenters. The summed E-state index contributed by atoms with van der Waals surface area (Å²) in [6.07, 6.45) is 1.65. The van der Waals surface area contributed by atoms with Crippen LogP contribution in [0.3, 0.4) is 0 Å². The molecule has 2 aliphatic rings. The molecule has 10 bridgehead atoms. The van der Waals surface area contributed by atoms with E-state index in [-0.39, 0.29) is 51.9 Å². The Labute approximate surface area is 566 Å². The first-order valence-electron chi connectivity index (χ1n) is 33.9. The lowest BCUT2D eigenvalue weighted by Crippen LogP contribution is -2.19. The number of rotatable bonds is 8. The topological polar surface area (TPSA) is 131 Å². The Hall–Kier alpha value is -8.87. The van der Waals surface area contributed by atoms with Gasteiger partial charge in [0.15, 0.2) is 0 Å². The summed E-state index contributed by atoms with van der Waals surface area (Å²) in [6.45, 7) is 30.1. The molecule has 0 radical (unpaired) electrons. The Kier molecular flexibility index (Phi) is 19.4. The molecule has 10 aromatic rings. The van der Waals surface area contributed by atoms with E-state index in [1.54, 1.807) is 12.1 Å². The third kappa shape index (κ3) is 14.9. The zero-order valence-corrected chi connectivity index (χ0v) is 58.0. The van der Waals surface area contributed by atoms with Crippen molar-refractivity contribution in [3.63, 3.8) is 0 Å². The molecule has 0 atom stereocenters. The molecular weight excluding hydrogens is 1200 g/mol. The van der Waals surface area contributed by atoms with Gasteiger partial charge in [0.25, 0.3) is 0 Å². The van der Waals surface area contributed by atoms with E-state index in [1.807, 2.05) is 97.1 Å². The Morgan fingerprint density at radius 2 is 0.760 bits per heavy atom. The third-order valence-corrected chi connectivity index (χ3v) is 18.6. The summed E-state index contributed by atoms with van der Waals surface area (Å²) in [6, 6.07) is 52.8. The Morgan fingerprint density at radius 3 is 1.25 bits per heavy atom. The Balaban J connectivity index is 0.986. The van der Waals surface area contributed by atoms with Crippen LogP contribution in [-0.4, -0.2) is 82.3 Å². The molecule has 1 heterocycles. The highest BCUT2D eigenvalue weighted by molar-refractivity contribution is 6.11. The highest BCUT2D eigenvalue weighted by Gasteiger charge is 2.31. The van der Waals surface area contributed by atoms with Gasteiger partial charge in [0.1, 0.15) is 72.2 Å². The molecule has 96 heavy (non-hydrogen) atoms. The van der Waals surface area contributed by atoms with E-state index in [9.17, 15) is 10.2 Å². The summed E-state index contributed by atoms with van der Waals surface area (Å²) in [7, 11) is 0. The molecule has 0 fully saturated rings. The fourth-order valence-corrected chi connectivity index (χ4v) is 13.2. The van der Waals surface area contributed by atoms with Gasteiger partial charge in [-0.3, -0.25) is 0 Å². The van der Waals surface area contributed by atoms with Gasteiger partial charge < -0.3 is 48.1 Å². The number of fused-ring (bicyclic) bond motifs is 7. The summed E-state index contributed by atoms with van der Waals surface area (Å²) < 4.78 is 53.0. The highest BCUT2D eigenvalue weighted by Crippen LogP contribution is 2.48. The maximum atomic E-state index is 15.1. The van der Waals surface area contributed by atoms with Gasteiger partial charge in [-0.2, -0.15) is 0 Å². The number of hydrogen-bond acceptors (Lipinski definition) is 11. The van der Waals surface area contributed by atoms with Crippen LogP contribution in [0.5, 0.6) is 40.2 Å². The fraction of sp³-hybridized carbons (Fsp3) is 0.353. The van der Waals surface area contributed by atoms with Gasteiger partial charge >= 0.3 is 5.97 Å². The van der Waals surface area contributed by atoms with Crippen LogP contribution < -0.4 is 23.7 Å². The van der Waals surface area contributed by atoms with Crippen molar-refractivity contribution in [3.05, 3.63) is 230 Å². The molecule has 1 aliphatic carbocycles. The summed E-state index contributed by atoms with van der Waals surface area (Å²) >= 11 is 0. The van der Waals surface area contributed by atoms with Gasteiger partial charge in [0.2, 0.25) is 0 Å². The molecule has 11 nitrogen and oxygen atoms in total. The van der Waals surface area contributed by atoms with E-state index in [1.165, 1.54) is 0 Å². The molecule has 11 heteroatoms. The number of phenolic OH excluding ortho intramolecular Hbond substituents is 2. The van der Waals surface area contributed by atoms with Crippen molar-refractivity contribution in [3.8, 4) is 51.4 Å². The first kappa shape index (κ1) is 67.1. The number of carbonyl (C=O) groups is 1. The quantitative estimate of drug-likeness (QED) is 0.0856. The molecule has 2 N–H and O–H groups in total. The van der Waals surface area contributed by atoms with Gasteiger partial charge in [-0.25, -0.2) is 4.79 Å². The van der Waals surface area contributed by atoms with Gasteiger partial charge in [-0.1, -0.05) is 217 Å². The maximum Gasteiger partial charge on any atom is 0.347 e. The van der Waals surface area contributed by atoms with Crippen LogP contribution in [0, 0.1) is 0 Å². The van der Waals surface area contributed by atoms with Crippen LogP contribution >= 0.6 is 0 Å². The fourth-order valence-electron chi connectivity index (χ4n) is 13.2. The highest BCUT2D eigenvalue weighted by atomic mass is 16.6. The standard InChI is InChI=1S/C85H92O11/c1-82(2,3)65-43-57-39-59-45-66(83(4,5)6)47-61-41-63-49-68(85(10,11)12)50-64(80(63)94-36-34-91-32-30-89-29-31-90-33-35-93-78(59)61)42-62-48-67(84(7,8)9)46-60(40-58(44-65)77(57)87)79(62)95-38-37-92-74-52-56-22-14-13-21-55(56)51-71(74)81(88)96-73-28-26-54-20-16-18-24-70(54)76(73)75-69-23-17-15-19-53(69)25-27-72(75)86/h13-28,43-52,86-87H,29-42H2,1-12H3. The largest absolute Gasteiger partial charge is 0.507 e. The van der Waals surface area contributed by atoms with Gasteiger partial charge in [-0.15, -0.1) is 0 Å². The SMILES string of the molecule is CC(C)(C)c1cc2c(O)c(c1)Cc1cc(C(C)(C)C)cc(c1OCCOc1cc3ccccc3cc1C(=O)Oc1ccc3ccccc3c1-c1c(O)ccc3ccccc13)Cc1cc(C(C)(C)C)cc3c1OCCOCCOCCOCCOc1c(cc(C(C)(C)C)cc1C3)C2. The number of aromatic hydroxyl groups is 2. The van der Waals surface area contributed by atoms with E-state index in [0.29, 0.717) is 107 Å². The minimum absolute atomic E-state index is 0.0480. The molecule has 12 rings (SSSR count). The molecule has 0 aromatic heterocycles. The lowest BCUT2D eigenvalue weighted by Gasteiger charge is -2.29. The van der Waals surface area contributed by atoms with Crippen LogP contribution in [0.2, 0.25) is 0 Å². The zero-order chi connectivity index (χ0) is 67.7. The van der Waals surface area contributed by atoms with Crippen LogP contribution in [0.1, 0.15) is 160 Å². The van der Waals surface area contributed by atoms with Crippen LogP contribution in [0.4, 0.5) is 0 Å². The van der Waals surface area contributed by atoms with E-state index in [2.05, 4.69) is 132 Å². The first-order valence-corrected chi connectivity index (χ1v) is 33.9. The number of benzene rings is 10. The summed E-state index contributed by atoms with van der Waals surface area (Å²) in [5.41, 5.74) is 12.3. The maximum absolute atomic E-state index is 15.1. The molecule has 10 aromatic carbocycles. The van der Waals surface area contributed by atoms with Crippen molar-refractivity contribution in [2.45, 2.75) is 130 Å². The van der Waals surface area contributed by atoms with Crippen LogP contribution in [0.15, 0.2) is 158 Å². The van der Waals surface area contributed by atoms with Crippen molar-refractivity contribution in [1.29, 1.82) is 0 Å². The minimum Gasteiger partial charge on any atom is -0.507 e. The number of esters is 1. The van der Waals surface area contributed by atoms with E-state index in [4.69, 9.17) is 37.9 Å². The molecule has 1 aliphatic heterocycles. The van der Waals surface area contributed by atoms with Gasteiger partial charge in [0, 0.05) is 36.8 Å². The first-order chi connectivity index (χ1) is 45.8. The predicted octanol–water partition coefficient (Wildman–Crippen LogP) is 18.6. The normalized spacial score (nSPS) is 14.6. The van der Waals surface area contributed by atoms with Crippen molar-refractivity contribution < 1.29 is 52.9 Å². The average Bonchev–Trinajstić information content (AvgIpc) is 0.760. The molecule has 0 spiro atoms. The molecule has 0 amide bonds. The van der Waals surface area contributed by atoms with Crippen molar-refractivity contribution in [2.24, 2.45) is 0 Å². The van der Waals surface area contributed by atoms with Gasteiger partial charge in [-0.05, 0) is 145 Å². The summed E-state index contributed by atoms with van der Waals surface area (Å²) in [4.78, 5) is 15.1. The average molecular weight is 1290 g/mol. The zero-order valence-electron chi connectivity index (χ0n) is 58.0. The Morgan fingerprint density at radius 1 is 0.385 bits per heavy atom. The van der Waals surface area contributed by atoms with Crippen LogP contribution in [0.25, 0.3) is 43.4 Å². The monoisotopic (exact) mass is 1290 g/mol. The van der Waals surface area contributed by atoms with E-state index < -0.39 is 5.97 Å². The minimum atomic E-state index is -0.623. The summed E-state index contributed by atoms with van der Waals surface area (Å²) in [5.74, 6) is 2.52. The third-order valence-electron chi connectivity index (χ3n) is 18.6. The van der Waals surface area contributed by atoms with Gasteiger partial charge in [0.05, 0.1) is 39.6 Å². The molecule has 498 valence electrons. The van der Waals surface area contributed by atoms with E-state index >= 15 is 4.79 Å². The molecule has 0 saturated carbocycles. The van der Waals surface area contributed by atoms with Crippen molar-refractivity contribution in [1.82, 2.24) is 0 Å². The molecular formula is C85H92O11. The second kappa shape index (κ2) is 27.7. The number of phenols is 2. The van der Waals surface area contributed by atoms with Crippen LogP contribution in [-0.2, 0) is 61.6 Å². The lowest BCUT2D eigenvalue weighted by molar-refractivity contribution is 0.00474. The van der Waals surface area contributed by atoms with Crippen molar-refractivity contribution >= 4 is 38.3 Å². The van der Waals surface area contributed by atoms with Crippen molar-refractivity contribution in [2.75, 3.05) is 66.1 Å². The number of hydrogen-bond donors (Lipinski definition) is 2. The lowest BCUT2D eigenvalue weighted by atomic mass is 9.79. The second-order valence-electron chi connectivity index (χ2n) is 29.9. The summed E-state index contributed by atoms with van der Waals surface area (Å²) in [5, 5.41) is 30.0. The number of carbonyl (C=O) groups excluding carboxylic acids is 1. The Bertz CT molecular complexity index is 4530. The predicted molar refractivity (Wildman–Crippen MR) is 385 cm³/mol. The number of ether oxygens (including phenoxy) is 8. The molecule has 0 saturated heterocycles.